The van der Waals surface area contributed by atoms with Gasteiger partial charge in [-0.1, -0.05) is 12.1 Å². The molecule has 1 fully saturated rings. The van der Waals surface area contributed by atoms with Crippen LogP contribution >= 0.6 is 22.6 Å². The molecule has 31 heavy (non-hydrogen) atoms. The molecule has 5 nitrogen and oxygen atoms in total. The van der Waals surface area contributed by atoms with Gasteiger partial charge in [0.2, 0.25) is 0 Å². The molecule has 0 aliphatic carbocycles. The van der Waals surface area contributed by atoms with E-state index in [1.807, 2.05) is 36.5 Å². The summed E-state index contributed by atoms with van der Waals surface area (Å²) >= 11 is 2.29. The first-order valence-corrected chi connectivity index (χ1v) is 11.3. The van der Waals surface area contributed by atoms with Crippen molar-refractivity contribution in [3.8, 4) is 11.5 Å². The number of anilines is 1. The highest BCUT2D eigenvalue weighted by molar-refractivity contribution is 14.1. The quantitative estimate of drug-likeness (QED) is 0.302. The summed E-state index contributed by atoms with van der Waals surface area (Å²) in [5.41, 5.74) is 4.19. The van der Waals surface area contributed by atoms with Crippen LogP contribution in [-0.4, -0.2) is 39.6 Å². The molecule has 0 bridgehead atoms. The molecule has 0 atom stereocenters. The van der Waals surface area contributed by atoms with Gasteiger partial charge in [-0.25, -0.2) is 0 Å². The molecule has 0 aromatic heterocycles. The van der Waals surface area contributed by atoms with Crippen LogP contribution in [0.4, 0.5) is 11.4 Å². The Bertz CT molecular complexity index is 1010. The van der Waals surface area contributed by atoms with E-state index in [1.165, 1.54) is 9.26 Å². The predicted molar refractivity (Wildman–Crippen MR) is 133 cm³/mol. The Morgan fingerprint density at radius 3 is 2.42 bits per heavy atom. The molecule has 1 aliphatic rings. The maximum Gasteiger partial charge on any atom is 0.161 e. The van der Waals surface area contributed by atoms with E-state index < -0.39 is 0 Å². The van der Waals surface area contributed by atoms with Crippen LogP contribution in [0.1, 0.15) is 11.1 Å². The zero-order valence-corrected chi connectivity index (χ0v) is 19.6. The molecule has 0 radical (unpaired) electrons. The second kappa shape index (κ2) is 10.6. The van der Waals surface area contributed by atoms with Crippen molar-refractivity contribution in [1.29, 1.82) is 0 Å². The van der Waals surface area contributed by atoms with E-state index in [0.29, 0.717) is 18.1 Å². The molecular formula is C25H25IN2O3. The molecular weight excluding hydrogens is 503 g/mol. The van der Waals surface area contributed by atoms with Crippen LogP contribution in [0.5, 0.6) is 11.5 Å². The van der Waals surface area contributed by atoms with Crippen molar-refractivity contribution in [1.82, 2.24) is 0 Å². The van der Waals surface area contributed by atoms with Gasteiger partial charge in [-0.3, -0.25) is 4.99 Å². The smallest absolute Gasteiger partial charge is 0.161 e. The number of aliphatic imine (C=N–C) groups is 1. The summed E-state index contributed by atoms with van der Waals surface area (Å²) < 4.78 is 18.1. The number of ether oxygens (including phenoxy) is 3. The number of hydrogen-bond donors (Lipinski definition) is 0. The molecule has 3 aromatic rings. The van der Waals surface area contributed by atoms with Crippen LogP contribution in [0.2, 0.25) is 0 Å². The van der Waals surface area contributed by atoms with Crippen LogP contribution in [0.15, 0.2) is 71.7 Å². The molecule has 0 unspecified atom stereocenters. The van der Waals surface area contributed by atoms with Gasteiger partial charge in [0.15, 0.2) is 11.5 Å². The molecule has 6 heteroatoms. The van der Waals surface area contributed by atoms with Crippen molar-refractivity contribution >= 4 is 40.2 Å². The van der Waals surface area contributed by atoms with E-state index in [-0.39, 0.29) is 0 Å². The average molecular weight is 528 g/mol. The SMILES string of the molecule is COc1cc(C=Nc2ccc(N3CCOCC3)cc2)ccc1OCc1ccc(I)cc1. The third kappa shape index (κ3) is 5.98. The molecule has 0 amide bonds. The summed E-state index contributed by atoms with van der Waals surface area (Å²) in [6.45, 7) is 3.93. The zero-order chi connectivity index (χ0) is 21.5. The maximum absolute atomic E-state index is 5.96. The largest absolute Gasteiger partial charge is 0.493 e. The summed E-state index contributed by atoms with van der Waals surface area (Å²) in [7, 11) is 1.65. The van der Waals surface area contributed by atoms with Crippen molar-refractivity contribution in [2.75, 3.05) is 38.3 Å². The lowest BCUT2D eigenvalue weighted by Gasteiger charge is -2.28. The van der Waals surface area contributed by atoms with Crippen LogP contribution in [0, 0.1) is 3.57 Å². The molecule has 0 spiro atoms. The number of hydrogen-bond acceptors (Lipinski definition) is 5. The van der Waals surface area contributed by atoms with Gasteiger partial charge >= 0.3 is 0 Å². The summed E-state index contributed by atoms with van der Waals surface area (Å²) in [6, 6.07) is 22.4. The van der Waals surface area contributed by atoms with Crippen molar-refractivity contribution in [3.05, 3.63) is 81.4 Å². The van der Waals surface area contributed by atoms with Gasteiger partial charge in [0.05, 0.1) is 26.0 Å². The summed E-state index contributed by atoms with van der Waals surface area (Å²) in [6.07, 6.45) is 1.84. The topological polar surface area (TPSA) is 43.3 Å². The summed E-state index contributed by atoms with van der Waals surface area (Å²) in [4.78, 5) is 6.93. The molecule has 3 aromatic carbocycles. The second-order valence-corrected chi connectivity index (χ2v) is 8.45. The van der Waals surface area contributed by atoms with E-state index in [1.54, 1.807) is 7.11 Å². The Kier molecular flexibility index (Phi) is 7.43. The first-order chi connectivity index (χ1) is 15.2. The Morgan fingerprint density at radius 1 is 0.968 bits per heavy atom. The Hall–Kier alpha value is -2.58. The minimum absolute atomic E-state index is 0.496. The number of morpholine rings is 1. The third-order valence-corrected chi connectivity index (χ3v) is 5.80. The number of halogens is 1. The minimum Gasteiger partial charge on any atom is -0.493 e. The van der Waals surface area contributed by atoms with E-state index in [0.717, 1.165) is 43.1 Å². The number of benzene rings is 3. The van der Waals surface area contributed by atoms with Crippen molar-refractivity contribution < 1.29 is 14.2 Å². The molecule has 1 heterocycles. The van der Waals surface area contributed by atoms with Gasteiger partial charge in [-0.05, 0) is 88.3 Å². The lowest BCUT2D eigenvalue weighted by Crippen LogP contribution is -2.36. The standard InChI is InChI=1S/C25H25IN2O3/c1-29-25-16-20(4-11-24(25)31-18-19-2-5-21(26)6-3-19)17-27-22-7-9-23(10-8-22)28-12-14-30-15-13-28/h2-11,16-17H,12-15,18H2,1H3. The third-order valence-electron chi connectivity index (χ3n) is 5.08. The van der Waals surface area contributed by atoms with E-state index in [4.69, 9.17) is 14.2 Å². The highest BCUT2D eigenvalue weighted by atomic mass is 127. The normalized spacial score (nSPS) is 14.1. The fraction of sp³-hybridized carbons (Fsp3) is 0.240. The van der Waals surface area contributed by atoms with Gasteiger partial charge in [0.1, 0.15) is 6.61 Å². The average Bonchev–Trinajstić information content (AvgIpc) is 2.83. The summed E-state index contributed by atoms with van der Waals surface area (Å²) in [5, 5.41) is 0. The van der Waals surface area contributed by atoms with Gasteiger partial charge in [-0.15, -0.1) is 0 Å². The number of rotatable bonds is 7. The van der Waals surface area contributed by atoms with E-state index in [9.17, 15) is 0 Å². The van der Waals surface area contributed by atoms with Crippen LogP contribution < -0.4 is 14.4 Å². The van der Waals surface area contributed by atoms with Crippen LogP contribution in [-0.2, 0) is 11.3 Å². The summed E-state index contributed by atoms with van der Waals surface area (Å²) in [5.74, 6) is 1.41. The second-order valence-electron chi connectivity index (χ2n) is 7.20. The van der Waals surface area contributed by atoms with E-state index in [2.05, 4.69) is 68.9 Å². The fourth-order valence-corrected chi connectivity index (χ4v) is 3.71. The van der Waals surface area contributed by atoms with Crippen molar-refractivity contribution in [3.63, 3.8) is 0 Å². The molecule has 4 rings (SSSR count). The zero-order valence-electron chi connectivity index (χ0n) is 17.5. The minimum atomic E-state index is 0.496. The fourth-order valence-electron chi connectivity index (χ4n) is 3.35. The maximum atomic E-state index is 5.96. The lowest BCUT2D eigenvalue weighted by molar-refractivity contribution is 0.122. The molecule has 1 aliphatic heterocycles. The highest BCUT2D eigenvalue weighted by Crippen LogP contribution is 2.29. The van der Waals surface area contributed by atoms with Crippen LogP contribution in [0.3, 0.4) is 0 Å². The molecule has 160 valence electrons. The van der Waals surface area contributed by atoms with Crippen molar-refractivity contribution in [2.45, 2.75) is 6.61 Å². The molecule has 1 saturated heterocycles. The monoisotopic (exact) mass is 528 g/mol. The van der Waals surface area contributed by atoms with Gasteiger partial charge < -0.3 is 19.1 Å². The number of methoxy groups -OCH3 is 1. The Balaban J connectivity index is 1.40. The first-order valence-electron chi connectivity index (χ1n) is 10.2. The van der Waals surface area contributed by atoms with Gasteiger partial charge in [0.25, 0.3) is 0 Å². The van der Waals surface area contributed by atoms with Crippen molar-refractivity contribution in [2.24, 2.45) is 4.99 Å². The molecule has 0 saturated carbocycles. The lowest BCUT2D eigenvalue weighted by atomic mass is 10.2. The van der Waals surface area contributed by atoms with Gasteiger partial charge in [0, 0.05) is 28.6 Å². The molecule has 0 N–H and O–H groups in total. The Morgan fingerprint density at radius 2 is 1.71 bits per heavy atom. The van der Waals surface area contributed by atoms with Crippen LogP contribution in [0.25, 0.3) is 0 Å². The predicted octanol–water partition coefficient (Wildman–Crippen LogP) is 5.47. The highest BCUT2D eigenvalue weighted by Gasteiger charge is 2.10. The number of nitrogens with zero attached hydrogens (tertiary/aromatic N) is 2. The van der Waals surface area contributed by atoms with E-state index >= 15 is 0 Å². The Labute approximate surface area is 196 Å². The first kappa shape index (κ1) is 21.6. The van der Waals surface area contributed by atoms with Gasteiger partial charge in [-0.2, -0.15) is 0 Å².